The van der Waals surface area contributed by atoms with Crippen molar-refractivity contribution in [2.45, 2.75) is 12.6 Å². The predicted molar refractivity (Wildman–Crippen MR) is 93.3 cm³/mol. The van der Waals surface area contributed by atoms with E-state index in [9.17, 15) is 28.1 Å². The predicted octanol–water partition coefficient (Wildman–Crippen LogP) is 2.23. The van der Waals surface area contributed by atoms with Crippen LogP contribution in [0.15, 0.2) is 6.07 Å². The van der Waals surface area contributed by atoms with Gasteiger partial charge in [0, 0.05) is 12.6 Å². The average molecular weight is 409 g/mol. The molecule has 1 amide bonds. The van der Waals surface area contributed by atoms with Crippen molar-refractivity contribution in [1.29, 1.82) is 0 Å². The minimum atomic E-state index is -4.31. The molecule has 1 aromatic carbocycles. The van der Waals surface area contributed by atoms with E-state index in [4.69, 9.17) is 14.2 Å². The molecular formula is C16H22F3N3O6. The molecule has 28 heavy (non-hydrogen) atoms. The van der Waals surface area contributed by atoms with Gasteiger partial charge in [0.25, 0.3) is 5.91 Å². The lowest BCUT2D eigenvalue weighted by molar-refractivity contribution is -0.386. The molecular weight excluding hydrogens is 387 g/mol. The first-order chi connectivity index (χ1) is 13.1. The number of nitro benzene ring substituents is 1. The van der Waals surface area contributed by atoms with Gasteiger partial charge in [0.1, 0.15) is 5.56 Å². The molecule has 1 aromatic rings. The lowest BCUT2D eigenvalue weighted by atomic mass is 10.1. The number of nitrogens with one attached hydrogen (secondary N) is 1. The Balaban J connectivity index is 2.94. The Bertz CT molecular complexity index is 712. The Labute approximate surface area is 159 Å². The summed E-state index contributed by atoms with van der Waals surface area (Å²) in [5.74, 6) is -1.05. The third-order valence-corrected chi connectivity index (χ3v) is 3.68. The van der Waals surface area contributed by atoms with Gasteiger partial charge in [-0.1, -0.05) is 0 Å². The molecule has 0 spiro atoms. The third-order valence-electron chi connectivity index (χ3n) is 3.68. The summed E-state index contributed by atoms with van der Waals surface area (Å²) in [6.07, 6.45) is -4.09. The van der Waals surface area contributed by atoms with Crippen LogP contribution in [0, 0.1) is 10.1 Å². The van der Waals surface area contributed by atoms with Crippen molar-refractivity contribution in [2.75, 3.05) is 48.0 Å². The van der Waals surface area contributed by atoms with E-state index in [0.717, 1.165) is 11.0 Å². The number of nitrogens with zero attached hydrogens (tertiary/aromatic N) is 2. The van der Waals surface area contributed by atoms with E-state index in [-0.39, 0.29) is 42.3 Å². The van der Waals surface area contributed by atoms with E-state index >= 15 is 0 Å². The summed E-state index contributed by atoms with van der Waals surface area (Å²) < 4.78 is 52.0. The van der Waals surface area contributed by atoms with Gasteiger partial charge in [-0.3, -0.25) is 19.8 Å². The Morgan fingerprint density at radius 2 is 1.82 bits per heavy atom. The molecule has 0 heterocycles. The highest BCUT2D eigenvalue weighted by Gasteiger charge is 2.32. The van der Waals surface area contributed by atoms with Gasteiger partial charge in [-0.05, 0) is 20.0 Å². The number of methoxy groups -OCH3 is 3. The fourth-order valence-electron chi connectivity index (χ4n) is 2.53. The number of carbonyl (C=O) groups excluding carboxylic acids is 1. The zero-order chi connectivity index (χ0) is 21.5. The van der Waals surface area contributed by atoms with Crippen LogP contribution >= 0.6 is 0 Å². The summed E-state index contributed by atoms with van der Waals surface area (Å²) in [4.78, 5) is 24.2. The monoisotopic (exact) mass is 409 g/mol. The minimum absolute atomic E-state index is 0.0227. The lowest BCUT2D eigenvalue weighted by Gasteiger charge is -2.18. The molecule has 158 valence electrons. The summed E-state index contributed by atoms with van der Waals surface area (Å²) in [5.41, 5.74) is -0.921. The SMILES string of the molecule is COc1cc(C(=O)NCCCN(C)CC(F)(F)F)c([N+](=O)[O-])c(OC)c1OC. The quantitative estimate of drug-likeness (QED) is 0.359. The molecule has 0 aliphatic carbocycles. The molecule has 9 nitrogen and oxygen atoms in total. The van der Waals surface area contributed by atoms with Gasteiger partial charge in [-0.2, -0.15) is 13.2 Å². The van der Waals surface area contributed by atoms with Crippen LogP contribution in [0.2, 0.25) is 0 Å². The maximum atomic E-state index is 12.4. The summed E-state index contributed by atoms with van der Waals surface area (Å²) in [5, 5.41) is 13.9. The van der Waals surface area contributed by atoms with E-state index in [2.05, 4.69) is 5.32 Å². The van der Waals surface area contributed by atoms with Gasteiger partial charge in [0.2, 0.25) is 11.5 Å². The first-order valence-electron chi connectivity index (χ1n) is 8.06. The minimum Gasteiger partial charge on any atom is -0.493 e. The van der Waals surface area contributed by atoms with Crippen molar-refractivity contribution < 1.29 is 37.1 Å². The van der Waals surface area contributed by atoms with E-state index in [1.54, 1.807) is 0 Å². The summed E-state index contributed by atoms with van der Waals surface area (Å²) in [6, 6.07) is 1.14. The zero-order valence-electron chi connectivity index (χ0n) is 15.9. The summed E-state index contributed by atoms with van der Waals surface area (Å²) in [7, 11) is 5.05. The fourth-order valence-corrected chi connectivity index (χ4v) is 2.53. The molecule has 0 unspecified atom stereocenters. The lowest BCUT2D eigenvalue weighted by Crippen LogP contribution is -2.34. The molecule has 0 saturated carbocycles. The number of amides is 1. The number of rotatable bonds is 10. The van der Waals surface area contributed by atoms with Gasteiger partial charge in [-0.25, -0.2) is 0 Å². The van der Waals surface area contributed by atoms with Crippen LogP contribution in [0.4, 0.5) is 18.9 Å². The first kappa shape index (κ1) is 23.3. The van der Waals surface area contributed by atoms with Crippen molar-refractivity contribution in [2.24, 2.45) is 0 Å². The van der Waals surface area contributed by atoms with E-state index in [1.165, 1.54) is 28.4 Å². The number of nitro groups is 1. The second-order valence-corrected chi connectivity index (χ2v) is 5.76. The molecule has 1 rings (SSSR count). The van der Waals surface area contributed by atoms with Crippen molar-refractivity contribution in [1.82, 2.24) is 10.2 Å². The van der Waals surface area contributed by atoms with Crippen molar-refractivity contribution in [3.63, 3.8) is 0 Å². The molecule has 0 aromatic heterocycles. The molecule has 0 fully saturated rings. The molecule has 0 saturated heterocycles. The van der Waals surface area contributed by atoms with Crippen LogP contribution in [-0.4, -0.2) is 69.9 Å². The van der Waals surface area contributed by atoms with Gasteiger partial charge >= 0.3 is 11.9 Å². The van der Waals surface area contributed by atoms with Gasteiger partial charge < -0.3 is 19.5 Å². The van der Waals surface area contributed by atoms with E-state index in [0.29, 0.717) is 0 Å². The second-order valence-electron chi connectivity index (χ2n) is 5.76. The van der Waals surface area contributed by atoms with Crippen LogP contribution in [0.3, 0.4) is 0 Å². The molecule has 0 atom stereocenters. The number of ether oxygens (including phenoxy) is 3. The van der Waals surface area contributed by atoms with Crippen LogP contribution < -0.4 is 19.5 Å². The Morgan fingerprint density at radius 3 is 2.29 bits per heavy atom. The molecule has 0 aliphatic rings. The summed E-state index contributed by atoms with van der Waals surface area (Å²) >= 11 is 0. The van der Waals surface area contributed by atoms with Crippen LogP contribution in [0.25, 0.3) is 0 Å². The van der Waals surface area contributed by atoms with Gasteiger partial charge in [-0.15, -0.1) is 0 Å². The maximum absolute atomic E-state index is 12.4. The molecule has 0 aliphatic heterocycles. The van der Waals surface area contributed by atoms with Gasteiger partial charge in [0.05, 0.1) is 32.8 Å². The largest absolute Gasteiger partial charge is 0.493 e. The topological polar surface area (TPSA) is 103 Å². The maximum Gasteiger partial charge on any atom is 0.401 e. The van der Waals surface area contributed by atoms with Crippen molar-refractivity contribution in [3.8, 4) is 17.2 Å². The molecule has 1 N–H and O–H groups in total. The van der Waals surface area contributed by atoms with E-state index in [1.807, 2.05) is 0 Å². The molecule has 12 heteroatoms. The number of benzene rings is 1. The highest BCUT2D eigenvalue weighted by molar-refractivity contribution is 6.00. The number of alkyl halides is 3. The van der Waals surface area contributed by atoms with Crippen LogP contribution in [0.1, 0.15) is 16.8 Å². The van der Waals surface area contributed by atoms with Gasteiger partial charge in [0.15, 0.2) is 5.75 Å². The van der Waals surface area contributed by atoms with E-state index < -0.39 is 29.2 Å². The second kappa shape index (κ2) is 9.97. The zero-order valence-corrected chi connectivity index (χ0v) is 15.9. The number of hydrogen-bond donors (Lipinski definition) is 1. The first-order valence-corrected chi connectivity index (χ1v) is 8.06. The molecule has 0 radical (unpaired) electrons. The summed E-state index contributed by atoms with van der Waals surface area (Å²) in [6.45, 7) is -0.967. The van der Waals surface area contributed by atoms with Crippen molar-refractivity contribution >= 4 is 11.6 Å². The highest BCUT2D eigenvalue weighted by atomic mass is 19.4. The average Bonchev–Trinajstić information content (AvgIpc) is 2.61. The van der Waals surface area contributed by atoms with Crippen LogP contribution in [0.5, 0.6) is 17.2 Å². The Morgan fingerprint density at radius 1 is 1.21 bits per heavy atom. The Hall–Kier alpha value is -2.76. The molecule has 0 bridgehead atoms. The third kappa shape index (κ3) is 6.15. The standard InChI is InChI=1S/C16H22F3N3O6/c1-21(9-16(17,18)19)7-5-6-20-15(23)10-8-11(26-2)13(27-3)14(28-4)12(10)22(24)25/h8H,5-7,9H2,1-4H3,(H,20,23). The smallest absolute Gasteiger partial charge is 0.401 e. The fraction of sp³-hybridized carbons (Fsp3) is 0.562. The number of halogens is 3. The van der Waals surface area contributed by atoms with Crippen molar-refractivity contribution in [3.05, 3.63) is 21.7 Å². The number of hydrogen-bond acceptors (Lipinski definition) is 7. The number of carbonyl (C=O) groups is 1. The normalized spacial score (nSPS) is 11.3. The van der Waals surface area contributed by atoms with Crippen LogP contribution in [-0.2, 0) is 0 Å². The Kier molecular flexibility index (Phi) is 8.29. The highest BCUT2D eigenvalue weighted by Crippen LogP contribution is 2.46.